The van der Waals surface area contributed by atoms with Crippen molar-refractivity contribution in [3.8, 4) is 0 Å². The Labute approximate surface area is 131 Å². The maximum absolute atomic E-state index is 11.6. The van der Waals surface area contributed by atoms with Crippen molar-refractivity contribution in [1.29, 1.82) is 0 Å². The molecule has 22 heavy (non-hydrogen) atoms. The van der Waals surface area contributed by atoms with Crippen molar-refractivity contribution in [2.24, 2.45) is 5.41 Å². The lowest BCUT2D eigenvalue weighted by atomic mass is 9.72. The molecule has 1 aromatic carbocycles. The lowest BCUT2D eigenvalue weighted by molar-refractivity contribution is -0.149. The fraction of sp³-hybridized carbons (Fsp3) is 0.556. The van der Waals surface area contributed by atoms with Crippen LogP contribution in [-0.2, 0) is 9.53 Å². The standard InChI is InChI=1S/C18H24O4/c1-18(17(20)21)11-5-3-4-6-15(12-18)13-7-9-14(10-8-13)16(19)22-2/h7-10,15H,3-6,11-12H2,1-2H3,(H,20,21)/t15-,18+/m0/s1. The van der Waals surface area contributed by atoms with Crippen LogP contribution in [0.4, 0.5) is 0 Å². The molecule has 0 aromatic heterocycles. The van der Waals surface area contributed by atoms with Crippen LogP contribution in [-0.4, -0.2) is 24.2 Å². The average molecular weight is 304 g/mol. The van der Waals surface area contributed by atoms with E-state index in [0.29, 0.717) is 12.0 Å². The zero-order valence-electron chi connectivity index (χ0n) is 13.3. The van der Waals surface area contributed by atoms with Crippen LogP contribution < -0.4 is 0 Å². The summed E-state index contributed by atoms with van der Waals surface area (Å²) in [4.78, 5) is 23.1. The molecule has 1 N–H and O–H groups in total. The Hall–Kier alpha value is -1.84. The molecule has 1 saturated carbocycles. The van der Waals surface area contributed by atoms with E-state index in [1.807, 2.05) is 19.1 Å². The third-order valence-corrected chi connectivity index (χ3v) is 4.80. The molecule has 0 radical (unpaired) electrons. The summed E-state index contributed by atoms with van der Waals surface area (Å²) in [7, 11) is 1.36. The van der Waals surface area contributed by atoms with Gasteiger partial charge in [0.15, 0.2) is 0 Å². The van der Waals surface area contributed by atoms with Gasteiger partial charge in [-0.05, 0) is 49.8 Å². The Morgan fingerprint density at radius 3 is 2.45 bits per heavy atom. The summed E-state index contributed by atoms with van der Waals surface area (Å²) in [6.45, 7) is 1.86. The van der Waals surface area contributed by atoms with E-state index in [1.54, 1.807) is 12.1 Å². The number of esters is 1. The Kier molecular flexibility index (Phi) is 5.22. The smallest absolute Gasteiger partial charge is 0.337 e. The number of benzene rings is 1. The van der Waals surface area contributed by atoms with Gasteiger partial charge in [0, 0.05) is 0 Å². The average Bonchev–Trinajstić information content (AvgIpc) is 2.50. The number of carboxylic acids is 1. The molecular formula is C18H24O4. The van der Waals surface area contributed by atoms with E-state index in [4.69, 9.17) is 4.74 Å². The van der Waals surface area contributed by atoms with Crippen LogP contribution in [0.1, 0.15) is 67.3 Å². The highest BCUT2D eigenvalue weighted by Gasteiger charge is 2.36. The number of carbonyl (C=O) groups excluding carboxylic acids is 1. The first-order valence-corrected chi connectivity index (χ1v) is 7.88. The number of carbonyl (C=O) groups is 2. The molecule has 4 heteroatoms. The Morgan fingerprint density at radius 1 is 1.18 bits per heavy atom. The summed E-state index contributed by atoms with van der Waals surface area (Å²) in [5, 5.41) is 9.57. The zero-order valence-corrected chi connectivity index (χ0v) is 13.3. The summed E-state index contributed by atoms with van der Waals surface area (Å²) < 4.78 is 4.71. The van der Waals surface area contributed by atoms with Crippen molar-refractivity contribution >= 4 is 11.9 Å². The van der Waals surface area contributed by atoms with Crippen LogP contribution in [0.25, 0.3) is 0 Å². The van der Waals surface area contributed by atoms with E-state index in [2.05, 4.69) is 0 Å². The molecule has 4 nitrogen and oxygen atoms in total. The monoisotopic (exact) mass is 304 g/mol. The van der Waals surface area contributed by atoms with Crippen LogP contribution in [0.3, 0.4) is 0 Å². The molecule has 0 amide bonds. The highest BCUT2D eigenvalue weighted by Crippen LogP contribution is 2.41. The number of hydrogen-bond donors (Lipinski definition) is 1. The van der Waals surface area contributed by atoms with Crippen LogP contribution >= 0.6 is 0 Å². The molecule has 2 rings (SSSR count). The van der Waals surface area contributed by atoms with Crippen LogP contribution in [0.5, 0.6) is 0 Å². The van der Waals surface area contributed by atoms with E-state index in [9.17, 15) is 14.7 Å². The second-order valence-electron chi connectivity index (χ2n) is 6.48. The van der Waals surface area contributed by atoms with Gasteiger partial charge in [0.1, 0.15) is 0 Å². The number of ether oxygens (including phenoxy) is 1. The first-order chi connectivity index (χ1) is 10.5. The molecule has 0 unspecified atom stereocenters. The molecule has 2 atom stereocenters. The minimum atomic E-state index is -0.703. The predicted molar refractivity (Wildman–Crippen MR) is 84.0 cm³/mol. The number of aliphatic carboxylic acids is 1. The van der Waals surface area contributed by atoms with E-state index >= 15 is 0 Å². The van der Waals surface area contributed by atoms with Gasteiger partial charge in [0.25, 0.3) is 0 Å². The maximum Gasteiger partial charge on any atom is 0.337 e. The molecule has 0 saturated heterocycles. The Morgan fingerprint density at radius 2 is 1.86 bits per heavy atom. The summed E-state index contributed by atoms with van der Waals surface area (Å²) in [5.41, 5.74) is 0.978. The van der Waals surface area contributed by atoms with Crippen molar-refractivity contribution in [2.75, 3.05) is 7.11 Å². The molecule has 0 spiro atoms. The third-order valence-electron chi connectivity index (χ3n) is 4.80. The molecule has 1 fully saturated rings. The predicted octanol–water partition coefficient (Wildman–Crippen LogP) is 4.00. The minimum Gasteiger partial charge on any atom is -0.481 e. The number of hydrogen-bond acceptors (Lipinski definition) is 3. The van der Waals surface area contributed by atoms with E-state index in [1.165, 1.54) is 7.11 Å². The van der Waals surface area contributed by atoms with Gasteiger partial charge < -0.3 is 9.84 Å². The van der Waals surface area contributed by atoms with Gasteiger partial charge in [0.2, 0.25) is 0 Å². The normalized spacial score (nSPS) is 25.8. The van der Waals surface area contributed by atoms with Crippen LogP contribution in [0, 0.1) is 5.41 Å². The summed E-state index contributed by atoms with van der Waals surface area (Å²) in [6.07, 6.45) is 5.58. The van der Waals surface area contributed by atoms with Gasteiger partial charge >= 0.3 is 11.9 Å². The van der Waals surface area contributed by atoms with Crippen LogP contribution in [0.15, 0.2) is 24.3 Å². The second kappa shape index (κ2) is 6.95. The Bertz CT molecular complexity index is 535. The molecule has 0 bridgehead atoms. The highest BCUT2D eigenvalue weighted by atomic mass is 16.5. The first kappa shape index (κ1) is 16.5. The SMILES string of the molecule is COC(=O)c1ccc([C@H]2CCCCC[C@@](C)(C(=O)O)C2)cc1. The molecule has 1 aliphatic carbocycles. The lowest BCUT2D eigenvalue weighted by Gasteiger charge is -2.32. The van der Waals surface area contributed by atoms with Gasteiger partial charge in [-0.15, -0.1) is 0 Å². The van der Waals surface area contributed by atoms with Crippen molar-refractivity contribution in [3.63, 3.8) is 0 Å². The van der Waals surface area contributed by atoms with Crippen molar-refractivity contribution in [3.05, 3.63) is 35.4 Å². The van der Waals surface area contributed by atoms with Gasteiger partial charge in [-0.25, -0.2) is 4.79 Å². The molecule has 0 aliphatic heterocycles. The van der Waals surface area contributed by atoms with Gasteiger partial charge in [0.05, 0.1) is 18.1 Å². The minimum absolute atomic E-state index is 0.230. The number of rotatable bonds is 3. The molecular weight excluding hydrogens is 280 g/mol. The van der Waals surface area contributed by atoms with E-state index < -0.39 is 11.4 Å². The first-order valence-electron chi connectivity index (χ1n) is 7.88. The van der Waals surface area contributed by atoms with Gasteiger partial charge in [-0.3, -0.25) is 4.79 Å². The van der Waals surface area contributed by atoms with Crippen molar-refractivity contribution in [1.82, 2.24) is 0 Å². The van der Waals surface area contributed by atoms with E-state index in [0.717, 1.165) is 37.7 Å². The second-order valence-corrected chi connectivity index (χ2v) is 6.48. The topological polar surface area (TPSA) is 63.6 Å². The molecule has 1 aliphatic rings. The van der Waals surface area contributed by atoms with Crippen molar-refractivity contribution in [2.45, 2.75) is 51.4 Å². The largest absolute Gasteiger partial charge is 0.481 e. The summed E-state index contributed by atoms with van der Waals surface area (Å²) in [6, 6.07) is 7.39. The fourth-order valence-electron chi connectivity index (χ4n) is 3.32. The molecule has 1 aromatic rings. The zero-order chi connectivity index (χ0) is 16.2. The number of carboxylic acid groups (broad SMARTS) is 1. The molecule has 120 valence electrons. The quantitative estimate of drug-likeness (QED) is 0.857. The van der Waals surface area contributed by atoms with Gasteiger partial charge in [-0.1, -0.05) is 31.4 Å². The maximum atomic E-state index is 11.6. The van der Waals surface area contributed by atoms with Crippen LogP contribution in [0.2, 0.25) is 0 Å². The fourth-order valence-corrected chi connectivity index (χ4v) is 3.32. The van der Waals surface area contributed by atoms with E-state index in [-0.39, 0.29) is 11.9 Å². The Balaban J connectivity index is 2.21. The summed E-state index contributed by atoms with van der Waals surface area (Å²) in [5.74, 6) is -0.821. The lowest BCUT2D eigenvalue weighted by Crippen LogP contribution is -2.30. The molecule has 0 heterocycles. The van der Waals surface area contributed by atoms with Gasteiger partial charge in [-0.2, -0.15) is 0 Å². The third kappa shape index (κ3) is 3.67. The van der Waals surface area contributed by atoms with Crippen molar-refractivity contribution < 1.29 is 19.4 Å². The highest BCUT2D eigenvalue weighted by molar-refractivity contribution is 5.89. The number of methoxy groups -OCH3 is 1. The summed E-state index contributed by atoms with van der Waals surface area (Å²) >= 11 is 0.